The molecule has 312 valence electrons. The van der Waals surface area contributed by atoms with Crippen molar-refractivity contribution < 1.29 is 43.5 Å². The molecule has 0 aromatic heterocycles. The van der Waals surface area contributed by atoms with Gasteiger partial charge in [-0.3, -0.25) is 9.59 Å². The number of methoxy groups -OCH3 is 1. The zero-order chi connectivity index (χ0) is 43.2. The van der Waals surface area contributed by atoms with Crippen LogP contribution < -0.4 is 14.2 Å². The lowest BCUT2D eigenvalue weighted by Gasteiger charge is -2.43. The van der Waals surface area contributed by atoms with E-state index in [0.29, 0.717) is 74.2 Å². The topological polar surface area (TPSA) is 121 Å². The standard InChI is InChI=1S/C47H49Cl3O9/c1-10-26-13-16-30(57-36-20-15-28(48)22-37(36)55-9)24-32(26)39-42(53)46(6,7)59-47(8,43(39)54)21-11-12-27-14-17-29(56-31-18-19-34(49)35(50)25-31)23-33(27)38-40(51)44(2,3)58-45(4,5)41(38)52/h13-20,22-25,51,53H,10-12,21H2,1-9H3. The Hall–Kier alpha value is -4.51. The second kappa shape index (κ2) is 16.5. The van der Waals surface area contributed by atoms with Gasteiger partial charge in [-0.05, 0) is 145 Å². The van der Waals surface area contributed by atoms with Crippen molar-refractivity contribution in [3.63, 3.8) is 0 Å². The van der Waals surface area contributed by atoms with Crippen molar-refractivity contribution in [2.75, 3.05) is 7.11 Å². The van der Waals surface area contributed by atoms with Crippen LogP contribution in [-0.2, 0) is 31.9 Å². The van der Waals surface area contributed by atoms with Crippen LogP contribution in [0.3, 0.4) is 0 Å². The number of aryl methyl sites for hydroxylation is 2. The molecule has 1 atom stereocenters. The Kier molecular flexibility index (Phi) is 12.3. The monoisotopic (exact) mass is 862 g/mol. The number of Topliss-reactive ketones (excluding diaryl/α,β-unsaturated/α-hetero) is 2. The van der Waals surface area contributed by atoms with E-state index in [1.165, 1.54) is 7.11 Å². The van der Waals surface area contributed by atoms with E-state index >= 15 is 0 Å². The summed E-state index contributed by atoms with van der Waals surface area (Å²) in [6, 6.07) is 20.7. The molecule has 4 aromatic rings. The summed E-state index contributed by atoms with van der Waals surface area (Å²) in [4.78, 5) is 28.8. The fourth-order valence-corrected chi connectivity index (χ4v) is 8.26. The highest BCUT2D eigenvalue weighted by atomic mass is 35.5. The van der Waals surface area contributed by atoms with Gasteiger partial charge in [0, 0.05) is 17.2 Å². The maximum Gasteiger partial charge on any atom is 0.198 e. The van der Waals surface area contributed by atoms with Gasteiger partial charge >= 0.3 is 0 Å². The molecule has 2 heterocycles. The number of ether oxygens (including phenoxy) is 5. The van der Waals surface area contributed by atoms with Crippen LogP contribution in [0, 0.1) is 0 Å². The molecule has 0 spiro atoms. The number of carbonyl (C=O) groups excluding carboxylic acids is 2. The van der Waals surface area contributed by atoms with E-state index in [4.69, 9.17) is 58.5 Å². The first-order chi connectivity index (χ1) is 27.6. The van der Waals surface area contributed by atoms with Gasteiger partial charge in [0.1, 0.15) is 51.2 Å². The molecular formula is C47H49Cl3O9. The van der Waals surface area contributed by atoms with Crippen molar-refractivity contribution in [1.82, 2.24) is 0 Å². The third kappa shape index (κ3) is 8.86. The number of aliphatic hydroxyl groups is 2. The average molecular weight is 864 g/mol. The number of rotatable bonds is 12. The van der Waals surface area contributed by atoms with Gasteiger partial charge in [-0.1, -0.05) is 53.9 Å². The molecule has 0 saturated heterocycles. The summed E-state index contributed by atoms with van der Waals surface area (Å²) in [6.45, 7) is 14.0. The molecule has 0 bridgehead atoms. The van der Waals surface area contributed by atoms with E-state index in [1.807, 2.05) is 19.1 Å². The lowest BCUT2D eigenvalue weighted by molar-refractivity contribution is -0.164. The van der Waals surface area contributed by atoms with Gasteiger partial charge in [-0.25, -0.2) is 0 Å². The second-order valence-corrected chi connectivity index (χ2v) is 17.7. The van der Waals surface area contributed by atoms with Crippen LogP contribution in [0.2, 0.25) is 15.1 Å². The van der Waals surface area contributed by atoms with Crippen molar-refractivity contribution in [2.45, 2.75) is 103 Å². The van der Waals surface area contributed by atoms with Gasteiger partial charge in [0.25, 0.3) is 0 Å². The number of hydrogen-bond donors (Lipinski definition) is 2. The number of carbonyl (C=O) groups is 2. The largest absolute Gasteiger partial charge is 0.508 e. The van der Waals surface area contributed by atoms with Crippen LogP contribution in [0.25, 0.3) is 11.1 Å². The van der Waals surface area contributed by atoms with Crippen LogP contribution in [0.5, 0.6) is 28.7 Å². The molecular weight excluding hydrogens is 815 g/mol. The van der Waals surface area contributed by atoms with Gasteiger partial charge < -0.3 is 33.9 Å². The minimum Gasteiger partial charge on any atom is -0.508 e. The number of halogens is 3. The molecule has 2 aliphatic rings. The zero-order valence-corrected chi connectivity index (χ0v) is 36.9. The minimum absolute atomic E-state index is 0.124. The zero-order valence-electron chi connectivity index (χ0n) is 34.6. The third-order valence-electron chi connectivity index (χ3n) is 10.7. The Bertz CT molecular complexity index is 2390. The summed E-state index contributed by atoms with van der Waals surface area (Å²) < 4.78 is 30.4. The normalized spacial score (nSPS) is 19.9. The molecule has 1 unspecified atom stereocenters. The highest BCUT2D eigenvalue weighted by Crippen LogP contribution is 2.46. The molecule has 0 saturated carbocycles. The van der Waals surface area contributed by atoms with Crippen LogP contribution in [0.15, 0.2) is 84.3 Å². The van der Waals surface area contributed by atoms with Crippen molar-refractivity contribution >= 4 is 57.5 Å². The van der Waals surface area contributed by atoms with Crippen LogP contribution in [0.1, 0.15) is 90.5 Å². The van der Waals surface area contributed by atoms with E-state index in [-0.39, 0.29) is 40.7 Å². The van der Waals surface area contributed by atoms with Gasteiger partial charge in [0.15, 0.2) is 23.1 Å². The number of hydrogen-bond acceptors (Lipinski definition) is 9. The molecule has 6 rings (SSSR count). The highest BCUT2D eigenvalue weighted by molar-refractivity contribution is 6.42. The summed E-state index contributed by atoms with van der Waals surface area (Å²) in [5.74, 6) is 0.984. The first-order valence-electron chi connectivity index (χ1n) is 19.4. The summed E-state index contributed by atoms with van der Waals surface area (Å²) in [7, 11) is 1.52. The Morgan fingerprint density at radius 3 is 1.80 bits per heavy atom. The van der Waals surface area contributed by atoms with Crippen LogP contribution >= 0.6 is 34.8 Å². The smallest absolute Gasteiger partial charge is 0.198 e. The molecule has 12 heteroatoms. The highest BCUT2D eigenvalue weighted by Gasteiger charge is 2.50. The van der Waals surface area contributed by atoms with E-state index in [2.05, 4.69) is 0 Å². The average Bonchev–Trinajstić information content (AvgIpc) is 3.16. The predicted octanol–water partition coefficient (Wildman–Crippen LogP) is 12.7. The molecule has 0 radical (unpaired) electrons. The lowest BCUT2D eigenvalue weighted by Crippen LogP contribution is -2.51. The Morgan fingerprint density at radius 2 is 1.17 bits per heavy atom. The van der Waals surface area contributed by atoms with E-state index in [1.54, 1.807) is 109 Å². The van der Waals surface area contributed by atoms with Gasteiger partial charge in [-0.15, -0.1) is 0 Å². The molecule has 2 N–H and O–H groups in total. The maximum atomic E-state index is 14.7. The van der Waals surface area contributed by atoms with E-state index in [9.17, 15) is 19.8 Å². The SMILES string of the molecule is CCc1ccc(Oc2ccc(Cl)cc2OC)cc1C1=C(O)C(C)(C)OC(C)(CCCc2ccc(Oc3ccc(Cl)c(Cl)c3)cc2C2=C(O)C(C)(C)OC(C)(C)C2=O)C1=O. The van der Waals surface area contributed by atoms with Gasteiger partial charge in [-0.2, -0.15) is 0 Å². The molecule has 0 amide bonds. The predicted molar refractivity (Wildman–Crippen MR) is 232 cm³/mol. The van der Waals surface area contributed by atoms with Crippen molar-refractivity contribution in [2.24, 2.45) is 0 Å². The van der Waals surface area contributed by atoms with Crippen molar-refractivity contribution in [3.05, 3.63) is 122 Å². The molecule has 2 aliphatic heterocycles. The number of aliphatic hydroxyl groups excluding tert-OH is 2. The third-order valence-corrected chi connectivity index (χ3v) is 11.7. The van der Waals surface area contributed by atoms with Crippen molar-refractivity contribution in [1.29, 1.82) is 0 Å². The number of ketones is 2. The summed E-state index contributed by atoms with van der Waals surface area (Å²) in [6.07, 6.45) is 1.65. The fourth-order valence-electron chi connectivity index (χ4n) is 7.81. The van der Waals surface area contributed by atoms with E-state index < -0.39 is 22.4 Å². The quantitative estimate of drug-likeness (QED) is 0.143. The summed E-state index contributed by atoms with van der Waals surface area (Å²) >= 11 is 18.6. The summed E-state index contributed by atoms with van der Waals surface area (Å²) in [5, 5.41) is 24.5. The van der Waals surface area contributed by atoms with Crippen LogP contribution in [-0.4, -0.2) is 51.3 Å². The molecule has 0 aliphatic carbocycles. The van der Waals surface area contributed by atoms with Crippen molar-refractivity contribution in [3.8, 4) is 28.7 Å². The molecule has 0 fully saturated rings. The fraction of sp³-hybridized carbons (Fsp3) is 0.362. The van der Waals surface area contributed by atoms with Crippen LogP contribution in [0.4, 0.5) is 0 Å². The Labute approximate surface area is 360 Å². The lowest BCUT2D eigenvalue weighted by atomic mass is 9.78. The molecule has 9 nitrogen and oxygen atoms in total. The Morgan fingerprint density at radius 1 is 0.610 bits per heavy atom. The first-order valence-corrected chi connectivity index (χ1v) is 20.5. The maximum absolute atomic E-state index is 14.7. The van der Waals surface area contributed by atoms with Gasteiger partial charge in [0.05, 0.1) is 28.3 Å². The number of benzene rings is 4. The Balaban J connectivity index is 1.34. The van der Waals surface area contributed by atoms with E-state index in [0.717, 1.165) is 11.1 Å². The first kappa shape index (κ1) is 44.1. The molecule has 59 heavy (non-hydrogen) atoms. The minimum atomic E-state index is -1.36. The molecule has 4 aromatic carbocycles. The second-order valence-electron chi connectivity index (χ2n) is 16.5. The van der Waals surface area contributed by atoms with Gasteiger partial charge in [0.2, 0.25) is 0 Å². The summed E-state index contributed by atoms with van der Waals surface area (Å²) in [5.41, 5.74) is -2.14.